The van der Waals surface area contributed by atoms with Gasteiger partial charge in [-0.05, 0) is 13.5 Å². The molecule has 1 heterocycles. The lowest BCUT2D eigenvalue weighted by atomic mass is 10.2. The maximum Gasteiger partial charge on any atom is 0.256 e. The Balaban J connectivity index is 2.56. The first-order chi connectivity index (χ1) is 7.65. The summed E-state index contributed by atoms with van der Waals surface area (Å²) in [5.74, 6) is -0.334. The molecule has 0 spiro atoms. The average Bonchev–Trinajstić information content (AvgIpc) is 2.24. The molecule has 0 radical (unpaired) electrons. The molecule has 0 saturated carbocycles. The summed E-state index contributed by atoms with van der Waals surface area (Å²) >= 11 is 0. The van der Waals surface area contributed by atoms with Crippen molar-refractivity contribution in [1.29, 1.82) is 0 Å². The number of amides is 1. The summed E-state index contributed by atoms with van der Waals surface area (Å²) in [4.78, 5) is 25.9. The Labute approximate surface area is 94.3 Å². The lowest BCUT2D eigenvalue weighted by molar-refractivity contribution is 0.0952. The maximum atomic E-state index is 11.6. The fourth-order valence-electron chi connectivity index (χ4n) is 1.29. The molecule has 1 amide bonds. The van der Waals surface area contributed by atoms with Crippen LogP contribution < -0.4 is 16.1 Å². The minimum Gasteiger partial charge on any atom is -0.364 e. The zero-order valence-electron chi connectivity index (χ0n) is 9.59. The number of nitrogens with one attached hydrogen (secondary N) is 3. The Kier molecular flexibility index (Phi) is 4.72. The van der Waals surface area contributed by atoms with E-state index in [1.165, 1.54) is 12.3 Å². The van der Waals surface area contributed by atoms with Crippen molar-refractivity contribution in [3.05, 3.63) is 33.7 Å². The molecule has 0 aliphatic rings. The number of carbonyl (C=O) groups is 1. The first-order valence-corrected chi connectivity index (χ1v) is 5.33. The van der Waals surface area contributed by atoms with Gasteiger partial charge in [0.15, 0.2) is 5.43 Å². The zero-order valence-corrected chi connectivity index (χ0v) is 9.59. The van der Waals surface area contributed by atoms with Gasteiger partial charge in [-0.1, -0.05) is 6.92 Å². The summed E-state index contributed by atoms with van der Waals surface area (Å²) in [5.41, 5.74) is 0.647. The molecule has 0 saturated heterocycles. The van der Waals surface area contributed by atoms with E-state index >= 15 is 0 Å². The highest BCUT2D eigenvalue weighted by Gasteiger charge is 2.08. The number of pyridine rings is 1. The van der Waals surface area contributed by atoms with Crippen LogP contribution in [0.15, 0.2) is 17.1 Å². The third-order valence-corrected chi connectivity index (χ3v) is 2.14. The minimum absolute atomic E-state index is 0.155. The summed E-state index contributed by atoms with van der Waals surface area (Å²) in [7, 11) is 0. The van der Waals surface area contributed by atoms with Crippen LogP contribution in [-0.2, 0) is 0 Å². The first-order valence-electron chi connectivity index (χ1n) is 5.33. The molecule has 5 heteroatoms. The summed E-state index contributed by atoms with van der Waals surface area (Å²) in [6.07, 6.45) is 1.44. The molecule has 0 aromatic carbocycles. The largest absolute Gasteiger partial charge is 0.364 e. The fourth-order valence-corrected chi connectivity index (χ4v) is 1.29. The monoisotopic (exact) mass is 223 g/mol. The second-order valence-corrected chi connectivity index (χ2v) is 3.50. The molecule has 0 unspecified atom stereocenters. The van der Waals surface area contributed by atoms with Gasteiger partial charge in [0, 0.05) is 31.0 Å². The van der Waals surface area contributed by atoms with Gasteiger partial charge >= 0.3 is 0 Å². The average molecular weight is 223 g/mol. The normalized spacial score (nSPS) is 10.1. The van der Waals surface area contributed by atoms with E-state index in [0.717, 1.165) is 12.2 Å². The molecule has 0 aliphatic carbocycles. The van der Waals surface area contributed by atoms with Crippen LogP contribution in [0, 0.1) is 6.92 Å². The van der Waals surface area contributed by atoms with Gasteiger partial charge in [0.1, 0.15) is 5.56 Å². The minimum atomic E-state index is -0.334. The number of aromatic amines is 1. The van der Waals surface area contributed by atoms with Gasteiger partial charge in [-0.15, -0.1) is 0 Å². The number of hydrogen-bond donors (Lipinski definition) is 3. The lowest BCUT2D eigenvalue weighted by Crippen LogP contribution is -2.34. The van der Waals surface area contributed by atoms with Crippen molar-refractivity contribution in [2.24, 2.45) is 0 Å². The number of rotatable bonds is 5. The van der Waals surface area contributed by atoms with Crippen molar-refractivity contribution in [2.75, 3.05) is 19.6 Å². The zero-order chi connectivity index (χ0) is 12.0. The second kappa shape index (κ2) is 6.07. The summed E-state index contributed by atoms with van der Waals surface area (Å²) in [6, 6.07) is 1.42. The van der Waals surface area contributed by atoms with Crippen LogP contribution in [0.5, 0.6) is 0 Å². The smallest absolute Gasteiger partial charge is 0.256 e. The number of aryl methyl sites for hydroxylation is 1. The van der Waals surface area contributed by atoms with Gasteiger partial charge < -0.3 is 15.6 Å². The highest BCUT2D eigenvalue weighted by Crippen LogP contribution is 1.91. The Bertz CT molecular complexity index is 412. The van der Waals surface area contributed by atoms with E-state index in [9.17, 15) is 9.59 Å². The van der Waals surface area contributed by atoms with Gasteiger partial charge in [0.2, 0.25) is 0 Å². The van der Waals surface area contributed by atoms with E-state index in [4.69, 9.17) is 0 Å². The van der Waals surface area contributed by atoms with E-state index in [0.29, 0.717) is 13.1 Å². The summed E-state index contributed by atoms with van der Waals surface area (Å²) in [6.45, 7) is 5.84. The third kappa shape index (κ3) is 3.51. The van der Waals surface area contributed by atoms with Crippen LogP contribution in [0.2, 0.25) is 0 Å². The highest BCUT2D eigenvalue weighted by molar-refractivity contribution is 5.93. The quantitative estimate of drug-likeness (QED) is 0.616. The van der Waals surface area contributed by atoms with Crippen LogP contribution in [0.25, 0.3) is 0 Å². The molecule has 0 fully saturated rings. The Morgan fingerprint density at radius 2 is 2.19 bits per heavy atom. The van der Waals surface area contributed by atoms with Crippen molar-refractivity contribution in [3.63, 3.8) is 0 Å². The van der Waals surface area contributed by atoms with Gasteiger partial charge in [-0.25, -0.2) is 0 Å². The predicted molar refractivity (Wildman–Crippen MR) is 62.7 cm³/mol. The molecule has 1 aromatic rings. The van der Waals surface area contributed by atoms with E-state index in [1.807, 2.05) is 6.92 Å². The van der Waals surface area contributed by atoms with Gasteiger partial charge in [0.05, 0.1) is 0 Å². The Hall–Kier alpha value is -1.62. The third-order valence-electron chi connectivity index (χ3n) is 2.14. The van der Waals surface area contributed by atoms with Crippen molar-refractivity contribution in [2.45, 2.75) is 13.8 Å². The molecule has 0 bridgehead atoms. The number of carbonyl (C=O) groups excluding carboxylic acids is 1. The van der Waals surface area contributed by atoms with Gasteiger partial charge in [-0.2, -0.15) is 0 Å². The molecule has 0 aliphatic heterocycles. The van der Waals surface area contributed by atoms with Crippen LogP contribution in [0.4, 0.5) is 0 Å². The van der Waals surface area contributed by atoms with Crippen molar-refractivity contribution in [3.8, 4) is 0 Å². The van der Waals surface area contributed by atoms with E-state index in [-0.39, 0.29) is 16.9 Å². The van der Waals surface area contributed by atoms with E-state index in [1.54, 1.807) is 6.92 Å². The number of likely N-dealkylation sites (N-methyl/N-ethyl adjacent to an activating group) is 1. The summed E-state index contributed by atoms with van der Waals surface area (Å²) < 4.78 is 0. The van der Waals surface area contributed by atoms with Crippen molar-refractivity contribution in [1.82, 2.24) is 15.6 Å². The SMILES string of the molecule is CCNCCNC(=O)c1c[nH]c(C)cc1=O. The second-order valence-electron chi connectivity index (χ2n) is 3.50. The molecule has 1 rings (SSSR count). The molecular weight excluding hydrogens is 206 g/mol. The maximum absolute atomic E-state index is 11.6. The van der Waals surface area contributed by atoms with Crippen LogP contribution in [-0.4, -0.2) is 30.5 Å². The fraction of sp³-hybridized carbons (Fsp3) is 0.455. The van der Waals surface area contributed by atoms with Gasteiger partial charge in [0.25, 0.3) is 5.91 Å². The lowest BCUT2D eigenvalue weighted by Gasteiger charge is -2.05. The molecule has 88 valence electrons. The van der Waals surface area contributed by atoms with E-state index < -0.39 is 0 Å². The number of H-pyrrole nitrogens is 1. The van der Waals surface area contributed by atoms with Crippen LogP contribution >= 0.6 is 0 Å². The molecule has 0 atom stereocenters. The highest BCUT2D eigenvalue weighted by atomic mass is 16.2. The van der Waals surface area contributed by atoms with E-state index in [2.05, 4.69) is 15.6 Å². The Morgan fingerprint density at radius 1 is 1.44 bits per heavy atom. The Morgan fingerprint density at radius 3 is 2.81 bits per heavy atom. The first kappa shape index (κ1) is 12.4. The summed E-state index contributed by atoms with van der Waals surface area (Å²) in [5, 5.41) is 5.75. The van der Waals surface area contributed by atoms with Crippen molar-refractivity contribution < 1.29 is 4.79 Å². The molecular formula is C11H17N3O2. The molecule has 3 N–H and O–H groups in total. The number of aromatic nitrogens is 1. The standard InChI is InChI=1S/C11H17N3O2/c1-3-12-4-5-13-11(16)9-7-14-8(2)6-10(9)15/h6-7,12H,3-5H2,1-2H3,(H,13,16)(H,14,15). The predicted octanol–water partition coefficient (Wildman–Crippen LogP) is 0.0226. The van der Waals surface area contributed by atoms with Gasteiger partial charge in [-0.3, -0.25) is 9.59 Å². The topological polar surface area (TPSA) is 74.0 Å². The van der Waals surface area contributed by atoms with Crippen LogP contribution in [0.1, 0.15) is 23.0 Å². The molecule has 16 heavy (non-hydrogen) atoms. The van der Waals surface area contributed by atoms with Crippen molar-refractivity contribution >= 4 is 5.91 Å². The molecule has 1 aromatic heterocycles. The number of hydrogen-bond acceptors (Lipinski definition) is 3. The molecule has 5 nitrogen and oxygen atoms in total. The van der Waals surface area contributed by atoms with Crippen LogP contribution in [0.3, 0.4) is 0 Å².